The van der Waals surface area contributed by atoms with Crippen molar-refractivity contribution in [2.45, 2.75) is 25.3 Å². The molecule has 2 aromatic rings. The molecule has 1 saturated heterocycles. The van der Waals surface area contributed by atoms with Crippen LogP contribution in [0.1, 0.15) is 41.2 Å². The lowest BCUT2D eigenvalue weighted by atomic mass is 10.0. The van der Waals surface area contributed by atoms with Crippen molar-refractivity contribution >= 4 is 17.4 Å². The Morgan fingerprint density at radius 3 is 2.38 bits per heavy atom. The van der Waals surface area contributed by atoms with Gasteiger partial charge in [-0.15, -0.1) is 0 Å². The average molecular weight is 417 g/mol. The lowest BCUT2D eigenvalue weighted by molar-refractivity contribution is 0.0983. The van der Waals surface area contributed by atoms with E-state index in [4.69, 9.17) is 21.1 Å². The third-order valence-corrected chi connectivity index (χ3v) is 5.67. The molecule has 1 aliphatic heterocycles. The van der Waals surface area contributed by atoms with Gasteiger partial charge in [0, 0.05) is 23.2 Å². The number of ether oxygens (including phenoxy) is 2. The van der Waals surface area contributed by atoms with Gasteiger partial charge in [-0.1, -0.05) is 24.1 Å². The molecule has 0 radical (unpaired) electrons. The smallest absolute Gasteiger partial charge is 0.176 e. The Bertz CT molecular complexity index is 804. The average Bonchev–Trinajstić information content (AvgIpc) is 2.77. The van der Waals surface area contributed by atoms with Crippen LogP contribution < -0.4 is 14.8 Å². The summed E-state index contributed by atoms with van der Waals surface area (Å²) in [6.07, 6.45) is 3.68. The first-order valence-electron chi connectivity index (χ1n) is 10.1. The minimum absolute atomic E-state index is 0.0615. The first kappa shape index (κ1) is 21.6. The van der Waals surface area contributed by atoms with Gasteiger partial charge in [0.1, 0.15) is 0 Å². The van der Waals surface area contributed by atoms with Crippen molar-refractivity contribution in [1.29, 1.82) is 0 Å². The van der Waals surface area contributed by atoms with E-state index in [0.29, 0.717) is 23.7 Å². The zero-order chi connectivity index (χ0) is 20.6. The number of likely N-dealkylation sites (tertiary alicyclic amines) is 1. The molecule has 156 valence electrons. The summed E-state index contributed by atoms with van der Waals surface area (Å²) in [5, 5.41) is 4.00. The molecule has 2 aromatic carbocycles. The number of rotatable bonds is 9. The molecular formula is C23H29ClN2O3. The van der Waals surface area contributed by atoms with Gasteiger partial charge in [0.25, 0.3) is 0 Å². The second-order valence-electron chi connectivity index (χ2n) is 7.29. The first-order valence-corrected chi connectivity index (χ1v) is 10.5. The second kappa shape index (κ2) is 10.6. The molecule has 0 aromatic heterocycles. The van der Waals surface area contributed by atoms with E-state index in [1.807, 2.05) is 12.1 Å². The van der Waals surface area contributed by atoms with E-state index in [1.165, 1.54) is 19.3 Å². The van der Waals surface area contributed by atoms with Crippen LogP contribution in [0.25, 0.3) is 0 Å². The van der Waals surface area contributed by atoms with Crippen LogP contribution in [-0.2, 0) is 0 Å². The molecule has 3 rings (SSSR count). The Labute approximate surface area is 177 Å². The number of ketones is 1. The molecule has 6 heteroatoms. The zero-order valence-corrected chi connectivity index (χ0v) is 17.9. The van der Waals surface area contributed by atoms with Gasteiger partial charge in [0.15, 0.2) is 17.3 Å². The maximum atomic E-state index is 12.5. The summed E-state index contributed by atoms with van der Waals surface area (Å²) in [7, 11) is 3.30. The predicted octanol–water partition coefficient (Wildman–Crippen LogP) is 4.36. The number of carbonyl (C=O) groups excluding carboxylic acids is 1. The Morgan fingerprint density at radius 1 is 1.03 bits per heavy atom. The third-order valence-electron chi connectivity index (χ3n) is 5.41. The molecule has 0 amide bonds. The van der Waals surface area contributed by atoms with Gasteiger partial charge < -0.3 is 14.8 Å². The van der Waals surface area contributed by atoms with Gasteiger partial charge in [-0.05, 0) is 67.9 Å². The van der Waals surface area contributed by atoms with Crippen molar-refractivity contribution in [1.82, 2.24) is 10.2 Å². The molecule has 1 heterocycles. The van der Waals surface area contributed by atoms with Crippen LogP contribution in [0.15, 0.2) is 42.5 Å². The second-order valence-corrected chi connectivity index (χ2v) is 7.72. The molecule has 29 heavy (non-hydrogen) atoms. The van der Waals surface area contributed by atoms with Crippen molar-refractivity contribution in [3.05, 3.63) is 58.6 Å². The summed E-state index contributed by atoms with van der Waals surface area (Å²) >= 11 is 5.91. The SMILES string of the molecule is COc1ccc(C(CNCC(=O)c2ccc(Cl)cc2)N2CCCCC2)cc1OC. The standard InChI is InChI=1S/C23H29ClN2O3/c1-28-22-11-8-18(14-23(22)29-2)20(26-12-4-3-5-13-26)15-25-16-21(27)17-6-9-19(24)10-7-17/h6-11,14,20,25H,3-5,12-13,15-16H2,1-2H3. The molecule has 1 N–H and O–H groups in total. The maximum absolute atomic E-state index is 12.5. The van der Waals surface area contributed by atoms with E-state index in [-0.39, 0.29) is 11.8 Å². The van der Waals surface area contributed by atoms with Gasteiger partial charge in [-0.2, -0.15) is 0 Å². The fraction of sp³-hybridized carbons (Fsp3) is 0.435. The number of methoxy groups -OCH3 is 2. The van der Waals surface area contributed by atoms with Crippen LogP contribution in [0.3, 0.4) is 0 Å². The van der Waals surface area contributed by atoms with Crippen molar-refractivity contribution in [3.8, 4) is 11.5 Å². The molecule has 1 unspecified atom stereocenters. The number of benzene rings is 2. The van der Waals surface area contributed by atoms with Crippen LogP contribution >= 0.6 is 11.6 Å². The zero-order valence-electron chi connectivity index (χ0n) is 17.1. The lowest BCUT2D eigenvalue weighted by Crippen LogP contribution is -2.40. The highest BCUT2D eigenvalue weighted by atomic mass is 35.5. The molecule has 0 bridgehead atoms. The Balaban J connectivity index is 1.70. The van der Waals surface area contributed by atoms with E-state index >= 15 is 0 Å². The molecule has 0 aliphatic carbocycles. The van der Waals surface area contributed by atoms with E-state index in [1.54, 1.807) is 38.5 Å². The number of nitrogens with zero attached hydrogens (tertiary/aromatic N) is 1. The summed E-state index contributed by atoms with van der Waals surface area (Å²) in [6.45, 7) is 3.10. The molecule has 0 saturated carbocycles. The monoisotopic (exact) mass is 416 g/mol. The Morgan fingerprint density at radius 2 is 1.72 bits per heavy atom. The number of nitrogens with one attached hydrogen (secondary N) is 1. The van der Waals surface area contributed by atoms with Crippen molar-refractivity contribution in [2.75, 3.05) is 40.4 Å². The number of carbonyl (C=O) groups is 1. The minimum atomic E-state index is 0.0615. The van der Waals surface area contributed by atoms with Crippen molar-refractivity contribution in [2.24, 2.45) is 0 Å². The van der Waals surface area contributed by atoms with Gasteiger partial charge >= 0.3 is 0 Å². The highest BCUT2D eigenvalue weighted by molar-refractivity contribution is 6.30. The number of piperidine rings is 1. The third kappa shape index (κ3) is 5.72. The van der Waals surface area contributed by atoms with E-state index < -0.39 is 0 Å². The fourth-order valence-electron chi connectivity index (χ4n) is 3.81. The van der Waals surface area contributed by atoms with Gasteiger partial charge in [0.05, 0.1) is 20.8 Å². The largest absolute Gasteiger partial charge is 0.493 e. The van der Waals surface area contributed by atoms with Gasteiger partial charge in [-0.25, -0.2) is 0 Å². The highest BCUT2D eigenvalue weighted by Gasteiger charge is 2.23. The molecular weight excluding hydrogens is 388 g/mol. The normalized spacial score (nSPS) is 15.7. The number of hydrogen-bond acceptors (Lipinski definition) is 5. The topological polar surface area (TPSA) is 50.8 Å². The maximum Gasteiger partial charge on any atom is 0.176 e. The van der Waals surface area contributed by atoms with Crippen LogP contribution in [0.2, 0.25) is 5.02 Å². The summed E-state index contributed by atoms with van der Waals surface area (Å²) in [6, 6.07) is 13.3. The predicted molar refractivity (Wildman–Crippen MR) is 116 cm³/mol. The number of halogens is 1. The fourth-order valence-corrected chi connectivity index (χ4v) is 3.93. The van der Waals surface area contributed by atoms with Crippen molar-refractivity contribution in [3.63, 3.8) is 0 Å². The van der Waals surface area contributed by atoms with E-state index in [0.717, 1.165) is 30.2 Å². The number of Topliss-reactive ketones (excluding diaryl/α,β-unsaturated/α-hetero) is 1. The van der Waals surface area contributed by atoms with Crippen molar-refractivity contribution < 1.29 is 14.3 Å². The Kier molecular flexibility index (Phi) is 7.92. The summed E-state index contributed by atoms with van der Waals surface area (Å²) < 4.78 is 10.9. The van der Waals surface area contributed by atoms with E-state index in [2.05, 4.69) is 16.3 Å². The van der Waals surface area contributed by atoms with Crippen LogP contribution in [0.5, 0.6) is 11.5 Å². The Hall–Kier alpha value is -2.08. The summed E-state index contributed by atoms with van der Waals surface area (Å²) in [4.78, 5) is 15.0. The quantitative estimate of drug-likeness (QED) is 0.615. The first-order chi connectivity index (χ1) is 14.1. The van der Waals surface area contributed by atoms with Crippen LogP contribution in [0.4, 0.5) is 0 Å². The summed E-state index contributed by atoms with van der Waals surface area (Å²) in [5.74, 6) is 1.51. The highest BCUT2D eigenvalue weighted by Crippen LogP contribution is 2.32. The lowest BCUT2D eigenvalue weighted by Gasteiger charge is -2.35. The number of hydrogen-bond donors (Lipinski definition) is 1. The van der Waals surface area contributed by atoms with Gasteiger partial charge in [-0.3, -0.25) is 9.69 Å². The molecule has 0 spiro atoms. The van der Waals surface area contributed by atoms with Crippen LogP contribution in [0, 0.1) is 0 Å². The molecule has 1 fully saturated rings. The molecule has 1 aliphatic rings. The van der Waals surface area contributed by atoms with Crippen LogP contribution in [-0.4, -0.2) is 51.1 Å². The van der Waals surface area contributed by atoms with E-state index in [9.17, 15) is 4.79 Å². The molecule has 5 nitrogen and oxygen atoms in total. The minimum Gasteiger partial charge on any atom is -0.493 e. The van der Waals surface area contributed by atoms with Gasteiger partial charge in [0.2, 0.25) is 0 Å². The summed E-state index contributed by atoms with van der Waals surface area (Å²) in [5.41, 5.74) is 1.83. The molecule has 1 atom stereocenters.